The summed E-state index contributed by atoms with van der Waals surface area (Å²) in [6.07, 6.45) is 2.56. The Bertz CT molecular complexity index is 37.7. The van der Waals surface area contributed by atoms with Crippen LogP contribution in [0.5, 0.6) is 0 Å². The summed E-state index contributed by atoms with van der Waals surface area (Å²) in [5, 5.41) is 6.69. The maximum Gasteiger partial charge on any atom is -0.00368 e. The van der Waals surface area contributed by atoms with Gasteiger partial charge in [0.1, 0.15) is 0 Å². The molecule has 2 N–H and O–H groups in total. The first-order chi connectivity index (χ1) is 4.00. The highest BCUT2D eigenvalue weighted by molar-refractivity contribution is 8.93. The molecule has 0 spiro atoms. The van der Waals surface area contributed by atoms with E-state index >= 15 is 0 Å². The summed E-state index contributed by atoms with van der Waals surface area (Å²) in [4.78, 5) is 0. The Labute approximate surface area is 83.7 Å². The molecule has 1 aliphatic rings. The van der Waals surface area contributed by atoms with Gasteiger partial charge in [-0.2, -0.15) is 0 Å². The Kier molecular flexibility index (Phi) is 13.3. The third kappa shape index (κ3) is 6.99. The van der Waals surface area contributed by atoms with Crippen LogP contribution in [-0.4, -0.2) is 26.2 Å². The van der Waals surface area contributed by atoms with Gasteiger partial charge in [-0.1, -0.05) is 0 Å². The highest BCUT2D eigenvalue weighted by Gasteiger charge is 1.92. The molecule has 1 fully saturated rings. The van der Waals surface area contributed by atoms with Crippen LogP contribution in [-0.2, 0) is 0 Å². The van der Waals surface area contributed by atoms with Crippen LogP contribution in [0.1, 0.15) is 12.8 Å². The summed E-state index contributed by atoms with van der Waals surface area (Å²) >= 11 is 0. The Morgan fingerprint density at radius 2 is 0.900 bits per heavy atom. The van der Waals surface area contributed by atoms with Crippen LogP contribution >= 0.6 is 34.0 Å². The molecule has 1 rings (SSSR count). The lowest BCUT2D eigenvalue weighted by Crippen LogP contribution is -2.29. The summed E-state index contributed by atoms with van der Waals surface area (Å²) in [6.45, 7) is 4.75. The zero-order valence-corrected chi connectivity index (χ0v) is 9.49. The molecule has 64 valence electrons. The predicted octanol–water partition coefficient (Wildman–Crippen LogP) is 1.12. The summed E-state index contributed by atoms with van der Waals surface area (Å²) in [5.41, 5.74) is 0. The van der Waals surface area contributed by atoms with Crippen molar-refractivity contribution in [2.24, 2.45) is 0 Å². The second kappa shape index (κ2) is 9.88. The standard InChI is InChI=1S/C6H14N2.2BrH/c1-3-7-5-2-6-8-4-1;;/h7-8H,1-6H2;2*1H. The maximum atomic E-state index is 3.35. The molecule has 1 saturated heterocycles. The first kappa shape index (κ1) is 13.5. The lowest BCUT2D eigenvalue weighted by atomic mass is 10.3. The van der Waals surface area contributed by atoms with Gasteiger partial charge >= 0.3 is 0 Å². The molecule has 0 radical (unpaired) electrons. The third-order valence-electron chi connectivity index (χ3n) is 1.41. The first-order valence-electron chi connectivity index (χ1n) is 3.41. The number of hydrogen-bond acceptors (Lipinski definition) is 2. The second-order valence-electron chi connectivity index (χ2n) is 2.21. The van der Waals surface area contributed by atoms with E-state index in [0.29, 0.717) is 0 Å². The molecule has 0 bridgehead atoms. The van der Waals surface area contributed by atoms with Gasteiger partial charge in [-0.3, -0.25) is 0 Å². The molecule has 0 saturated carbocycles. The van der Waals surface area contributed by atoms with E-state index in [1.807, 2.05) is 0 Å². The minimum Gasteiger partial charge on any atom is -0.317 e. The van der Waals surface area contributed by atoms with Crippen LogP contribution in [0.3, 0.4) is 0 Å². The molecule has 0 aromatic heterocycles. The average Bonchev–Trinajstić information content (AvgIpc) is 1.62. The fourth-order valence-electron chi connectivity index (χ4n) is 0.927. The second-order valence-corrected chi connectivity index (χ2v) is 2.21. The smallest absolute Gasteiger partial charge is 0.00368 e. The van der Waals surface area contributed by atoms with Crippen molar-refractivity contribution < 1.29 is 0 Å². The van der Waals surface area contributed by atoms with Crippen LogP contribution in [0.2, 0.25) is 0 Å². The monoisotopic (exact) mass is 274 g/mol. The van der Waals surface area contributed by atoms with Crippen molar-refractivity contribution in [1.82, 2.24) is 10.6 Å². The Morgan fingerprint density at radius 1 is 0.600 bits per heavy atom. The number of nitrogens with one attached hydrogen (secondary N) is 2. The molecule has 4 heteroatoms. The van der Waals surface area contributed by atoms with Gasteiger partial charge < -0.3 is 10.6 Å². The highest BCUT2D eigenvalue weighted by Crippen LogP contribution is 1.81. The molecule has 0 aromatic rings. The Hall–Kier alpha value is 0.880. The van der Waals surface area contributed by atoms with Crippen molar-refractivity contribution in [3.63, 3.8) is 0 Å². The van der Waals surface area contributed by atoms with Crippen LogP contribution in [0.4, 0.5) is 0 Å². The summed E-state index contributed by atoms with van der Waals surface area (Å²) in [7, 11) is 0. The summed E-state index contributed by atoms with van der Waals surface area (Å²) < 4.78 is 0. The van der Waals surface area contributed by atoms with E-state index in [2.05, 4.69) is 10.6 Å². The van der Waals surface area contributed by atoms with E-state index < -0.39 is 0 Å². The molecule has 1 heterocycles. The quantitative estimate of drug-likeness (QED) is 0.692. The van der Waals surface area contributed by atoms with Gasteiger partial charge in [-0.05, 0) is 39.0 Å². The zero-order chi connectivity index (χ0) is 5.66. The van der Waals surface area contributed by atoms with E-state index in [-0.39, 0.29) is 34.0 Å². The van der Waals surface area contributed by atoms with Gasteiger partial charge in [0.15, 0.2) is 0 Å². The lowest BCUT2D eigenvalue weighted by Gasteiger charge is -2.09. The first-order valence-corrected chi connectivity index (χ1v) is 3.41. The minimum atomic E-state index is 0. The summed E-state index contributed by atoms with van der Waals surface area (Å²) in [5.74, 6) is 0. The third-order valence-corrected chi connectivity index (χ3v) is 1.41. The van der Waals surface area contributed by atoms with Crippen molar-refractivity contribution in [3.8, 4) is 0 Å². The zero-order valence-electron chi connectivity index (χ0n) is 6.06. The number of halogens is 2. The van der Waals surface area contributed by atoms with Gasteiger partial charge in [-0.25, -0.2) is 0 Å². The summed E-state index contributed by atoms with van der Waals surface area (Å²) in [6, 6.07) is 0. The average molecular weight is 276 g/mol. The van der Waals surface area contributed by atoms with Crippen molar-refractivity contribution >= 4 is 34.0 Å². The van der Waals surface area contributed by atoms with E-state index in [4.69, 9.17) is 0 Å². The fraction of sp³-hybridized carbons (Fsp3) is 1.00. The molecule has 0 amide bonds. The predicted molar refractivity (Wildman–Crippen MR) is 55.6 cm³/mol. The molecular formula is C6H16Br2N2. The largest absolute Gasteiger partial charge is 0.317 e. The van der Waals surface area contributed by atoms with Crippen LogP contribution < -0.4 is 10.6 Å². The number of hydrogen-bond donors (Lipinski definition) is 2. The molecule has 0 aromatic carbocycles. The highest BCUT2D eigenvalue weighted by atomic mass is 79.9. The van der Waals surface area contributed by atoms with Gasteiger partial charge in [0.2, 0.25) is 0 Å². The van der Waals surface area contributed by atoms with Gasteiger partial charge in [-0.15, -0.1) is 34.0 Å². The maximum absolute atomic E-state index is 3.35. The minimum absolute atomic E-state index is 0. The molecule has 0 aliphatic carbocycles. The van der Waals surface area contributed by atoms with E-state index in [9.17, 15) is 0 Å². The van der Waals surface area contributed by atoms with Crippen LogP contribution in [0.15, 0.2) is 0 Å². The van der Waals surface area contributed by atoms with Crippen LogP contribution in [0.25, 0.3) is 0 Å². The van der Waals surface area contributed by atoms with Crippen LogP contribution in [0, 0.1) is 0 Å². The van der Waals surface area contributed by atoms with Gasteiger partial charge in [0.05, 0.1) is 0 Å². The SMILES string of the molecule is Br.Br.C1CNCCCNC1. The Balaban J connectivity index is 0. The van der Waals surface area contributed by atoms with E-state index in [1.165, 1.54) is 39.0 Å². The molecule has 2 nitrogen and oxygen atoms in total. The molecular weight excluding hydrogens is 260 g/mol. The molecule has 0 unspecified atom stereocenters. The van der Waals surface area contributed by atoms with Crippen molar-refractivity contribution in [1.29, 1.82) is 0 Å². The van der Waals surface area contributed by atoms with Crippen molar-refractivity contribution in [3.05, 3.63) is 0 Å². The van der Waals surface area contributed by atoms with E-state index in [1.54, 1.807) is 0 Å². The van der Waals surface area contributed by atoms with Crippen molar-refractivity contribution in [2.75, 3.05) is 26.2 Å². The Morgan fingerprint density at radius 3 is 1.20 bits per heavy atom. The van der Waals surface area contributed by atoms with E-state index in [0.717, 1.165) is 0 Å². The lowest BCUT2D eigenvalue weighted by molar-refractivity contribution is 0.527. The normalized spacial score (nSPS) is 19.2. The number of rotatable bonds is 0. The van der Waals surface area contributed by atoms with Crippen molar-refractivity contribution in [2.45, 2.75) is 12.8 Å². The van der Waals surface area contributed by atoms with Gasteiger partial charge in [0, 0.05) is 0 Å². The van der Waals surface area contributed by atoms with Gasteiger partial charge in [0.25, 0.3) is 0 Å². The fourth-order valence-corrected chi connectivity index (χ4v) is 0.927. The molecule has 10 heavy (non-hydrogen) atoms. The molecule has 1 aliphatic heterocycles. The topological polar surface area (TPSA) is 24.1 Å². The molecule has 0 atom stereocenters.